The SMILES string of the molecule is COC(=O)c1cc(Oc2ncc(CCl)cc2C(F)(F)F)ccc1N(C(=O)C1CCC(C)CC1)C1CCCCC1. The van der Waals surface area contributed by atoms with Crippen LogP contribution in [0.5, 0.6) is 11.6 Å². The average Bonchev–Trinajstić information content (AvgIpc) is 2.94. The lowest BCUT2D eigenvalue weighted by Gasteiger charge is -2.38. The number of benzene rings is 1. The maximum atomic E-state index is 14.0. The van der Waals surface area contributed by atoms with Crippen LogP contribution < -0.4 is 9.64 Å². The fourth-order valence-corrected chi connectivity index (χ4v) is 5.71. The van der Waals surface area contributed by atoms with E-state index in [0.29, 0.717) is 11.6 Å². The van der Waals surface area contributed by atoms with E-state index in [0.717, 1.165) is 63.9 Å². The van der Waals surface area contributed by atoms with Gasteiger partial charge in [-0.3, -0.25) is 4.79 Å². The number of anilines is 1. The number of esters is 1. The molecule has 0 atom stereocenters. The van der Waals surface area contributed by atoms with Crippen molar-refractivity contribution in [2.75, 3.05) is 12.0 Å². The van der Waals surface area contributed by atoms with Crippen LogP contribution in [-0.2, 0) is 21.6 Å². The topological polar surface area (TPSA) is 68.7 Å². The van der Waals surface area contributed by atoms with Crippen LogP contribution >= 0.6 is 11.6 Å². The molecule has 2 fully saturated rings. The van der Waals surface area contributed by atoms with Crippen LogP contribution in [0.25, 0.3) is 0 Å². The monoisotopic (exact) mass is 566 g/mol. The zero-order valence-electron chi connectivity index (χ0n) is 22.2. The fourth-order valence-electron chi connectivity index (χ4n) is 5.57. The largest absolute Gasteiger partial charge is 0.465 e. The molecule has 1 aromatic heterocycles. The third-order valence-corrected chi connectivity index (χ3v) is 8.07. The van der Waals surface area contributed by atoms with Crippen LogP contribution in [0.1, 0.15) is 86.2 Å². The first-order valence-electron chi connectivity index (χ1n) is 13.5. The summed E-state index contributed by atoms with van der Waals surface area (Å²) in [5.74, 6) is -1.10. The van der Waals surface area contributed by atoms with E-state index in [-0.39, 0.29) is 40.6 Å². The Morgan fingerprint density at radius 1 is 1.05 bits per heavy atom. The van der Waals surface area contributed by atoms with Gasteiger partial charge in [-0.25, -0.2) is 9.78 Å². The minimum atomic E-state index is -4.72. The summed E-state index contributed by atoms with van der Waals surface area (Å²) < 4.78 is 51.7. The van der Waals surface area contributed by atoms with Crippen LogP contribution in [0.3, 0.4) is 0 Å². The van der Waals surface area contributed by atoms with E-state index < -0.39 is 23.6 Å². The van der Waals surface area contributed by atoms with Gasteiger partial charge in [-0.1, -0.05) is 26.2 Å². The minimum Gasteiger partial charge on any atom is -0.465 e. The van der Waals surface area contributed by atoms with Crippen molar-refractivity contribution in [2.45, 2.75) is 82.8 Å². The molecule has 10 heteroatoms. The number of amides is 1. The summed E-state index contributed by atoms with van der Waals surface area (Å²) in [6.07, 6.45) is 4.71. The van der Waals surface area contributed by atoms with Crippen LogP contribution in [0.15, 0.2) is 30.5 Å². The molecule has 0 unspecified atom stereocenters. The lowest BCUT2D eigenvalue weighted by molar-refractivity contribution is -0.139. The number of halogens is 4. The normalized spacial score (nSPS) is 20.4. The fraction of sp³-hybridized carbons (Fsp3) is 0.552. The van der Waals surface area contributed by atoms with E-state index in [1.165, 1.54) is 25.4 Å². The second kappa shape index (κ2) is 12.6. The van der Waals surface area contributed by atoms with Crippen molar-refractivity contribution >= 4 is 29.2 Å². The summed E-state index contributed by atoms with van der Waals surface area (Å²) in [6.45, 7) is 2.19. The number of hydrogen-bond donors (Lipinski definition) is 0. The predicted octanol–water partition coefficient (Wildman–Crippen LogP) is 7.91. The number of hydrogen-bond acceptors (Lipinski definition) is 5. The number of aromatic nitrogens is 1. The zero-order chi connectivity index (χ0) is 28.2. The maximum absolute atomic E-state index is 14.0. The van der Waals surface area contributed by atoms with Gasteiger partial charge in [-0.2, -0.15) is 13.2 Å². The molecular formula is C29H34ClF3N2O4. The van der Waals surface area contributed by atoms with Crippen LogP contribution in [0.4, 0.5) is 18.9 Å². The molecule has 1 aromatic carbocycles. The van der Waals surface area contributed by atoms with Gasteiger partial charge >= 0.3 is 12.1 Å². The number of methoxy groups -OCH3 is 1. The minimum absolute atomic E-state index is 0.00897. The first kappa shape index (κ1) is 29.2. The first-order chi connectivity index (χ1) is 18.6. The van der Waals surface area contributed by atoms with Crippen molar-refractivity contribution < 1.29 is 32.2 Å². The molecule has 212 valence electrons. The third kappa shape index (κ3) is 6.86. The molecule has 0 radical (unpaired) electrons. The molecule has 0 bridgehead atoms. The molecule has 0 aliphatic heterocycles. The molecule has 4 rings (SSSR count). The summed E-state index contributed by atoms with van der Waals surface area (Å²) in [4.78, 5) is 32.5. The summed E-state index contributed by atoms with van der Waals surface area (Å²) in [5.41, 5.74) is -0.425. The maximum Gasteiger partial charge on any atom is 0.421 e. The molecule has 6 nitrogen and oxygen atoms in total. The number of pyridine rings is 1. The number of alkyl halides is 4. The molecule has 1 amide bonds. The van der Waals surface area contributed by atoms with Gasteiger partial charge in [0.05, 0.1) is 18.4 Å². The van der Waals surface area contributed by atoms with Crippen molar-refractivity contribution in [3.05, 3.63) is 47.2 Å². The van der Waals surface area contributed by atoms with E-state index in [1.54, 1.807) is 11.0 Å². The number of nitrogens with zero attached hydrogens (tertiary/aromatic N) is 2. The van der Waals surface area contributed by atoms with Gasteiger partial charge < -0.3 is 14.4 Å². The molecule has 2 aliphatic carbocycles. The Bertz CT molecular complexity index is 1180. The third-order valence-electron chi connectivity index (χ3n) is 7.76. The molecule has 1 heterocycles. The number of ether oxygens (including phenoxy) is 2. The van der Waals surface area contributed by atoms with Gasteiger partial charge in [0.1, 0.15) is 11.3 Å². The lowest BCUT2D eigenvalue weighted by Crippen LogP contribution is -2.46. The highest BCUT2D eigenvalue weighted by atomic mass is 35.5. The summed E-state index contributed by atoms with van der Waals surface area (Å²) in [5, 5.41) is 0. The Balaban J connectivity index is 1.73. The molecule has 2 aliphatic rings. The van der Waals surface area contributed by atoms with Gasteiger partial charge in [0.15, 0.2) is 0 Å². The Hall–Kier alpha value is -2.81. The van der Waals surface area contributed by atoms with Crippen molar-refractivity contribution in [2.24, 2.45) is 11.8 Å². The highest BCUT2D eigenvalue weighted by Gasteiger charge is 2.37. The predicted molar refractivity (Wildman–Crippen MR) is 142 cm³/mol. The average molecular weight is 567 g/mol. The van der Waals surface area contributed by atoms with Gasteiger partial charge in [-0.15, -0.1) is 11.6 Å². The van der Waals surface area contributed by atoms with Crippen LogP contribution in [0.2, 0.25) is 0 Å². The number of carbonyl (C=O) groups excluding carboxylic acids is 2. The molecule has 0 saturated heterocycles. The van der Waals surface area contributed by atoms with Gasteiger partial charge in [0, 0.05) is 24.0 Å². The summed E-state index contributed by atoms with van der Waals surface area (Å²) >= 11 is 5.70. The Kier molecular flexibility index (Phi) is 9.41. The summed E-state index contributed by atoms with van der Waals surface area (Å²) in [7, 11) is 1.23. The second-order valence-electron chi connectivity index (χ2n) is 10.6. The van der Waals surface area contributed by atoms with Gasteiger partial charge in [0.25, 0.3) is 0 Å². The second-order valence-corrected chi connectivity index (χ2v) is 10.8. The van der Waals surface area contributed by atoms with E-state index in [1.807, 2.05) is 0 Å². The highest BCUT2D eigenvalue weighted by molar-refractivity contribution is 6.17. The molecule has 0 spiro atoms. The molecule has 2 aromatic rings. The van der Waals surface area contributed by atoms with E-state index in [2.05, 4.69) is 11.9 Å². The smallest absolute Gasteiger partial charge is 0.421 e. The van der Waals surface area contributed by atoms with Gasteiger partial charge in [-0.05, 0) is 74.3 Å². The van der Waals surface area contributed by atoms with E-state index >= 15 is 0 Å². The molecule has 0 N–H and O–H groups in total. The Labute approximate surface area is 231 Å². The quantitative estimate of drug-likeness (QED) is 0.251. The van der Waals surface area contributed by atoms with E-state index in [9.17, 15) is 22.8 Å². The van der Waals surface area contributed by atoms with Crippen molar-refractivity contribution in [1.29, 1.82) is 0 Å². The molecular weight excluding hydrogens is 533 g/mol. The van der Waals surface area contributed by atoms with Crippen molar-refractivity contribution in [3.63, 3.8) is 0 Å². The number of carbonyl (C=O) groups is 2. The highest BCUT2D eigenvalue weighted by Crippen LogP contribution is 2.40. The standard InChI is InChI=1S/C29H34ClF3N2O4/c1-18-8-10-20(11-9-18)27(36)35(21-6-4-3-5-7-21)25-13-12-22(15-23(25)28(37)38-2)39-26-24(29(31,32)33)14-19(16-30)17-34-26/h12-15,17-18,20-21H,3-11,16H2,1-2H3. The molecule has 2 saturated carbocycles. The molecule has 39 heavy (non-hydrogen) atoms. The van der Waals surface area contributed by atoms with Crippen LogP contribution in [-0.4, -0.2) is 30.0 Å². The zero-order valence-corrected chi connectivity index (χ0v) is 23.0. The first-order valence-corrected chi connectivity index (χ1v) is 14.0. The van der Waals surface area contributed by atoms with Crippen LogP contribution in [0, 0.1) is 11.8 Å². The van der Waals surface area contributed by atoms with Crippen molar-refractivity contribution in [1.82, 2.24) is 4.98 Å². The number of rotatable bonds is 7. The lowest BCUT2D eigenvalue weighted by atomic mass is 9.81. The summed E-state index contributed by atoms with van der Waals surface area (Å²) in [6, 6.07) is 5.18. The van der Waals surface area contributed by atoms with Crippen molar-refractivity contribution in [3.8, 4) is 11.6 Å². The van der Waals surface area contributed by atoms with Gasteiger partial charge in [0.2, 0.25) is 11.8 Å². The van der Waals surface area contributed by atoms with E-state index in [4.69, 9.17) is 21.1 Å². The Morgan fingerprint density at radius 3 is 2.36 bits per heavy atom. The Morgan fingerprint density at radius 2 is 1.74 bits per heavy atom.